The van der Waals surface area contributed by atoms with E-state index in [0.717, 1.165) is 113 Å². The molecule has 1 amide bonds. The van der Waals surface area contributed by atoms with Gasteiger partial charge in [-0.1, -0.05) is 169 Å². The summed E-state index contributed by atoms with van der Waals surface area (Å²) in [4.78, 5) is 78.2. The van der Waals surface area contributed by atoms with Crippen molar-refractivity contribution in [2.75, 3.05) is 16.0 Å². The van der Waals surface area contributed by atoms with Crippen LogP contribution in [0.1, 0.15) is 138 Å². The predicted octanol–water partition coefficient (Wildman–Crippen LogP) is 18.5. The van der Waals surface area contributed by atoms with Crippen LogP contribution in [-0.4, -0.2) is 98.6 Å². The normalized spacial score (nSPS) is 11.8. The fraction of sp³-hybridized carbons (Fsp3) is 0.225. The smallest absolute Gasteiger partial charge is 0.282 e. The van der Waals surface area contributed by atoms with Crippen molar-refractivity contribution in [3.05, 3.63) is 380 Å². The van der Waals surface area contributed by atoms with E-state index in [0.29, 0.717) is 85.7 Å². The van der Waals surface area contributed by atoms with Gasteiger partial charge in [0, 0.05) is 99.3 Å². The molecule has 672 valence electrons. The van der Waals surface area contributed by atoms with Gasteiger partial charge in [-0.2, -0.15) is 22.8 Å². The molecule has 1 atom stereocenters. The van der Waals surface area contributed by atoms with Crippen LogP contribution in [-0.2, 0) is 53.8 Å². The number of nitrogens with two attached hydrogens (primary N) is 3. The number of rotatable bonds is 25. The van der Waals surface area contributed by atoms with Crippen LogP contribution in [0.25, 0.3) is 0 Å². The number of nitrogens with one attached hydrogen (secondary N) is 4. The van der Waals surface area contributed by atoms with Gasteiger partial charge < -0.3 is 42.6 Å². The monoisotopic (exact) mass is 1770 g/mol. The number of aliphatic imine (C=N–C) groups is 4. The third-order valence-corrected chi connectivity index (χ3v) is 20.5. The van der Waals surface area contributed by atoms with Gasteiger partial charge in [-0.15, -0.1) is 0 Å². The van der Waals surface area contributed by atoms with E-state index in [1.807, 2.05) is 297 Å². The minimum atomic E-state index is -3.88. The molecule has 0 aliphatic rings. The zero-order valence-electron chi connectivity index (χ0n) is 76.7. The summed E-state index contributed by atoms with van der Waals surface area (Å²) in [6.45, 7) is 30.6. The van der Waals surface area contributed by atoms with Gasteiger partial charge >= 0.3 is 0 Å². The molecule has 8 aromatic carbocycles. The number of carbonyl (C=O) groups excluding carboxylic acids is 1. The molecule has 6 aromatic heterocycles. The predicted molar refractivity (Wildman–Crippen MR) is 524 cm³/mol. The molecular weight excluding hydrogens is 1660 g/mol. The van der Waals surface area contributed by atoms with E-state index in [9.17, 15) is 13.2 Å². The van der Waals surface area contributed by atoms with Crippen molar-refractivity contribution in [1.82, 2.24) is 60.1 Å². The first-order valence-corrected chi connectivity index (χ1v) is 44.1. The summed E-state index contributed by atoms with van der Waals surface area (Å²) in [6.07, 6.45) is 5.05. The minimum absolute atomic E-state index is 0.0976. The molecule has 6 heterocycles. The number of carbonyl (C=O) groups is 1. The highest BCUT2D eigenvalue weighted by molar-refractivity contribution is 7.90. The van der Waals surface area contributed by atoms with Crippen molar-refractivity contribution in [2.24, 2.45) is 41.6 Å². The average molecular weight is 1770 g/mol. The lowest BCUT2D eigenvalue weighted by Crippen LogP contribution is -2.36. The number of aryl methyl sites for hydroxylation is 14. The van der Waals surface area contributed by atoms with Gasteiger partial charge in [-0.25, -0.2) is 59.8 Å². The molecule has 0 spiro atoms. The second kappa shape index (κ2) is 49.0. The molecule has 29 heteroatoms. The first-order chi connectivity index (χ1) is 62.8. The number of pyridine rings is 1. The Kier molecular flexibility index (Phi) is 36.5. The topological polar surface area (TPSA) is 399 Å². The van der Waals surface area contributed by atoms with Gasteiger partial charge in [0.1, 0.15) is 42.2 Å². The minimum Gasteiger partial charge on any atom is -0.489 e. The number of amides is 1. The van der Waals surface area contributed by atoms with Gasteiger partial charge in [0.05, 0.1) is 29.5 Å². The first kappa shape index (κ1) is 97.7. The van der Waals surface area contributed by atoms with Crippen LogP contribution in [0.2, 0.25) is 0 Å². The maximum atomic E-state index is 13.3. The standard InChI is InChI=1S/C31H32N4O2.C30H31N3O3S.2C14H17N5.C13H16N6/c1-4-28(25-13-9-6-10-14-25)31(36)35-30(20-29-32-22(2)19-23(3)33-29)34-26-15-17-27(18-16-26)37-21-24-11-7-5-8-12-24;1-21-5-9-26(10-6-21)20-36-28-13-11-25(12-14-28)18-27(19-30-31-23(3)17-24(4)32-30)33-37(34,35)29-15-7-22(2)8-16-29;2*1-9-4-6-12(7-5-9)18-13(15)19-14-16-10(2)8-11(3)17-14;1-9-6-10(2)18-13(17-9)19-12(14)16-8-11-4-3-5-15-7-11/h5-19,28H,4,20-21H2,1-3H3,(H,34,35,36);5-17H,18-20H2,1-4H3;2*4-8H,1-3H3,(H3,15,16,17,18,19);3-7H,8H2,1-2H3,(H3,14,16,17,18,19). The molecule has 131 heavy (non-hydrogen) atoms. The van der Waals surface area contributed by atoms with Gasteiger partial charge in [-0.3, -0.25) is 15.1 Å². The molecule has 0 radical (unpaired) electrons. The molecule has 14 aromatic rings. The number of ether oxygens (including phenoxy) is 2. The van der Waals surface area contributed by atoms with Crippen molar-refractivity contribution >= 4 is 80.3 Å². The fourth-order valence-electron chi connectivity index (χ4n) is 13.0. The molecule has 0 fully saturated rings. The van der Waals surface area contributed by atoms with Crippen LogP contribution in [0.4, 0.5) is 34.9 Å². The van der Waals surface area contributed by atoms with Crippen LogP contribution < -0.4 is 47.9 Å². The summed E-state index contributed by atoms with van der Waals surface area (Å²) in [7, 11) is -3.88. The average Bonchev–Trinajstić information content (AvgIpc) is 0.825. The fourth-order valence-corrected chi connectivity index (χ4v) is 14.1. The van der Waals surface area contributed by atoms with E-state index < -0.39 is 10.0 Å². The van der Waals surface area contributed by atoms with Crippen molar-refractivity contribution in [3.8, 4) is 11.5 Å². The Morgan fingerprint density at radius 2 is 0.794 bits per heavy atom. The molecule has 0 aliphatic heterocycles. The Bertz CT molecular complexity index is 6140. The lowest BCUT2D eigenvalue weighted by Gasteiger charge is -2.17. The summed E-state index contributed by atoms with van der Waals surface area (Å²) < 4.78 is 42.3. The molecule has 0 saturated carbocycles. The van der Waals surface area contributed by atoms with E-state index >= 15 is 0 Å². The quantitative estimate of drug-likeness (QED) is 0.0206. The third kappa shape index (κ3) is 34.6. The number of sulfonamides is 1. The van der Waals surface area contributed by atoms with Crippen molar-refractivity contribution in [1.29, 1.82) is 0 Å². The highest BCUT2D eigenvalue weighted by Gasteiger charge is 2.22. The van der Waals surface area contributed by atoms with E-state index in [2.05, 4.69) is 127 Å². The van der Waals surface area contributed by atoms with Gasteiger partial charge in [-0.05, 0) is 240 Å². The summed E-state index contributed by atoms with van der Waals surface area (Å²) in [5.41, 5.74) is 38.8. The second-order valence-electron chi connectivity index (χ2n) is 31.3. The summed E-state index contributed by atoms with van der Waals surface area (Å²) in [5, 5.41) is 12.0. The Balaban J connectivity index is 0.000000176. The Morgan fingerprint density at radius 1 is 0.397 bits per heavy atom. The van der Waals surface area contributed by atoms with Crippen molar-refractivity contribution in [2.45, 2.75) is 160 Å². The molecule has 10 N–H and O–H groups in total. The molecule has 14 rings (SSSR count). The Morgan fingerprint density at radius 3 is 1.24 bits per heavy atom. The number of hydrogen-bond acceptors (Lipinski definition) is 20. The number of benzene rings is 8. The van der Waals surface area contributed by atoms with E-state index in [-0.39, 0.29) is 41.0 Å². The lowest BCUT2D eigenvalue weighted by molar-refractivity contribution is -0.121. The number of guanidine groups is 3. The third-order valence-electron chi connectivity index (χ3n) is 19.1. The number of amidine groups is 1. The highest BCUT2D eigenvalue weighted by atomic mass is 32.2. The highest BCUT2D eigenvalue weighted by Crippen LogP contribution is 2.25. The summed E-state index contributed by atoms with van der Waals surface area (Å²) in [5.74, 6) is 4.82. The van der Waals surface area contributed by atoms with Crippen LogP contribution in [0.3, 0.4) is 0 Å². The molecule has 28 nitrogen and oxygen atoms in total. The van der Waals surface area contributed by atoms with E-state index in [4.69, 9.17) is 31.7 Å². The van der Waals surface area contributed by atoms with E-state index in [1.54, 1.807) is 36.7 Å². The van der Waals surface area contributed by atoms with E-state index in [1.165, 1.54) is 16.7 Å². The maximum Gasteiger partial charge on any atom is 0.282 e. The zero-order chi connectivity index (χ0) is 93.8. The first-order valence-electron chi connectivity index (χ1n) is 42.6. The lowest BCUT2D eigenvalue weighted by atomic mass is 9.95. The van der Waals surface area contributed by atoms with Gasteiger partial charge in [0.25, 0.3) is 21.9 Å². The largest absolute Gasteiger partial charge is 0.489 e. The van der Waals surface area contributed by atoms with Crippen LogP contribution >= 0.6 is 0 Å². The van der Waals surface area contributed by atoms with Crippen LogP contribution in [0, 0.1) is 96.9 Å². The maximum absolute atomic E-state index is 13.3. The van der Waals surface area contributed by atoms with Crippen LogP contribution in [0.5, 0.6) is 11.5 Å². The zero-order valence-corrected chi connectivity index (χ0v) is 77.5. The second-order valence-corrected chi connectivity index (χ2v) is 32.9. The Labute approximate surface area is 767 Å². The molecule has 0 bridgehead atoms. The summed E-state index contributed by atoms with van der Waals surface area (Å²) in [6, 6.07) is 79.0. The number of hydrogen-bond donors (Lipinski definition) is 7. The molecular formula is C102H113N23O5S. The Hall–Kier alpha value is -15.5. The number of aromatic nitrogens is 11. The van der Waals surface area contributed by atoms with Crippen molar-refractivity contribution in [3.63, 3.8) is 0 Å². The van der Waals surface area contributed by atoms with Gasteiger partial charge in [0.2, 0.25) is 23.8 Å². The molecule has 0 aliphatic carbocycles. The van der Waals surface area contributed by atoms with Crippen molar-refractivity contribution < 1.29 is 22.7 Å². The van der Waals surface area contributed by atoms with Gasteiger partial charge in [0.15, 0.2) is 5.96 Å². The van der Waals surface area contributed by atoms with Crippen LogP contribution in [0.15, 0.2) is 290 Å². The molecule has 1 unspecified atom stereocenters. The molecule has 0 saturated heterocycles. The SMILES string of the molecule is CCC(C(=O)NC(Cc1nc(C)cc(C)n1)=Nc1ccc(OCc2ccccc2)cc1)c1ccccc1.Cc1cc(C)nc(NC(N)=NCc2cccnc2)n1.Cc1ccc(COc2ccc(CC(Cc3nc(C)cc(C)n3)=NS(=O)(=O)c3ccc(C)cc3)cc2)cc1.Cc1ccc(NC(N)=Nc2nc(C)cc(C)n2)cc1.Cc1ccc(NC(N)=Nc2nc(C)cc(C)n2)cc1. The summed E-state index contributed by atoms with van der Waals surface area (Å²) >= 11 is 0. The number of anilines is 3. The number of nitrogens with zero attached hydrogens (tertiary/aromatic N) is 16.